The van der Waals surface area contributed by atoms with Crippen LogP contribution in [0.25, 0.3) is 0 Å². The lowest BCUT2D eigenvalue weighted by Crippen LogP contribution is -2.52. The molecule has 1 aromatic carbocycles. The van der Waals surface area contributed by atoms with E-state index >= 15 is 0 Å². The minimum absolute atomic E-state index is 0. The molecule has 1 aromatic heterocycles. The largest absolute Gasteiger partial charge is 0.439 e. The number of carbonyl (C=O) groups is 1. The van der Waals surface area contributed by atoms with E-state index in [4.69, 9.17) is 10.5 Å². The van der Waals surface area contributed by atoms with Gasteiger partial charge in [0.1, 0.15) is 5.75 Å². The second kappa shape index (κ2) is 9.93. The van der Waals surface area contributed by atoms with Gasteiger partial charge in [0.05, 0.1) is 5.54 Å². The van der Waals surface area contributed by atoms with Gasteiger partial charge in [-0.15, -0.1) is 24.8 Å². The third kappa shape index (κ3) is 5.83. The van der Waals surface area contributed by atoms with E-state index in [1.54, 1.807) is 6.20 Å². The Morgan fingerprint density at radius 3 is 2.48 bits per heavy atom. The molecule has 0 atom stereocenters. The maximum atomic E-state index is 12.6. The van der Waals surface area contributed by atoms with Crippen molar-refractivity contribution in [3.8, 4) is 11.6 Å². The molecule has 0 bridgehead atoms. The van der Waals surface area contributed by atoms with Crippen LogP contribution in [-0.2, 0) is 4.79 Å². The number of benzene rings is 1. The number of rotatable bonds is 4. The number of carbonyl (C=O) groups excluding carboxylic acids is 1. The Balaban J connectivity index is 0.00000182. The summed E-state index contributed by atoms with van der Waals surface area (Å²) < 4.78 is 5.89. The van der Waals surface area contributed by atoms with Gasteiger partial charge in [-0.2, -0.15) is 0 Å². The van der Waals surface area contributed by atoms with Gasteiger partial charge < -0.3 is 15.8 Å². The fraction of sp³-hybridized carbons (Fsp3) is 0.400. The van der Waals surface area contributed by atoms with Crippen LogP contribution in [0.3, 0.4) is 0 Å². The summed E-state index contributed by atoms with van der Waals surface area (Å²) in [5.74, 6) is 1.09. The number of nitrogens with zero attached hydrogens (tertiary/aromatic N) is 1. The Kier molecular flexibility index (Phi) is 8.54. The van der Waals surface area contributed by atoms with Crippen molar-refractivity contribution in [2.24, 2.45) is 5.73 Å². The molecule has 0 spiro atoms. The number of anilines is 1. The highest BCUT2D eigenvalue weighted by Crippen LogP contribution is 2.30. The first-order chi connectivity index (χ1) is 12.0. The van der Waals surface area contributed by atoms with Crippen molar-refractivity contribution in [3.05, 3.63) is 47.7 Å². The Labute approximate surface area is 172 Å². The lowest BCUT2D eigenvalue weighted by Gasteiger charge is -2.31. The zero-order valence-corrected chi connectivity index (χ0v) is 17.3. The second-order valence-electron chi connectivity index (χ2n) is 6.92. The maximum absolute atomic E-state index is 12.6. The fourth-order valence-electron chi connectivity index (χ4n) is 3.13. The minimum atomic E-state index is -0.762. The monoisotopic (exact) mass is 411 g/mol. The Hall–Kier alpha value is -1.82. The first kappa shape index (κ1) is 23.2. The molecule has 1 fully saturated rings. The quantitative estimate of drug-likeness (QED) is 0.746. The molecule has 1 aliphatic rings. The van der Waals surface area contributed by atoms with Crippen LogP contribution in [-0.4, -0.2) is 16.4 Å². The summed E-state index contributed by atoms with van der Waals surface area (Å²) in [6.07, 6.45) is 6.35. The van der Waals surface area contributed by atoms with Crippen LogP contribution in [0.1, 0.15) is 43.2 Å². The first-order valence-corrected chi connectivity index (χ1v) is 8.78. The molecule has 0 unspecified atom stereocenters. The summed E-state index contributed by atoms with van der Waals surface area (Å²) in [7, 11) is 0. The topological polar surface area (TPSA) is 77.2 Å². The van der Waals surface area contributed by atoms with E-state index in [2.05, 4.69) is 10.3 Å². The smallest absolute Gasteiger partial charge is 0.244 e. The zero-order chi connectivity index (χ0) is 17.9. The fourth-order valence-corrected chi connectivity index (χ4v) is 3.13. The van der Waals surface area contributed by atoms with Crippen LogP contribution in [0.15, 0.2) is 36.5 Å². The van der Waals surface area contributed by atoms with E-state index in [1.165, 1.54) is 0 Å². The van der Waals surface area contributed by atoms with Gasteiger partial charge in [-0.25, -0.2) is 4.98 Å². The second-order valence-corrected chi connectivity index (χ2v) is 6.92. The number of nitrogens with two attached hydrogens (primary N) is 1. The number of pyridine rings is 1. The summed E-state index contributed by atoms with van der Waals surface area (Å²) in [4.78, 5) is 16.8. The number of aryl methyl sites for hydroxylation is 2. The highest BCUT2D eigenvalue weighted by atomic mass is 35.5. The summed E-state index contributed by atoms with van der Waals surface area (Å²) in [5, 5.41) is 2.95. The van der Waals surface area contributed by atoms with Crippen LogP contribution in [0, 0.1) is 13.8 Å². The molecule has 0 aliphatic heterocycles. The van der Waals surface area contributed by atoms with Crippen LogP contribution >= 0.6 is 24.8 Å². The molecule has 148 valence electrons. The average molecular weight is 412 g/mol. The van der Waals surface area contributed by atoms with Crippen LogP contribution in [0.4, 0.5) is 5.69 Å². The molecule has 3 N–H and O–H groups in total. The van der Waals surface area contributed by atoms with E-state index < -0.39 is 5.54 Å². The Morgan fingerprint density at radius 1 is 1.11 bits per heavy atom. The van der Waals surface area contributed by atoms with Gasteiger partial charge >= 0.3 is 0 Å². The number of hydrogen-bond acceptors (Lipinski definition) is 4. The maximum Gasteiger partial charge on any atom is 0.244 e. The zero-order valence-electron chi connectivity index (χ0n) is 15.7. The van der Waals surface area contributed by atoms with Crippen LogP contribution in [0.5, 0.6) is 11.6 Å². The SMILES string of the molecule is Cc1ccnc(Oc2cc(NC(=O)C3(N)CCCCC3)ccc2C)c1.Cl.Cl. The molecular formula is C20H27Cl2N3O2. The summed E-state index contributed by atoms with van der Waals surface area (Å²) in [5.41, 5.74) is 8.28. The molecule has 1 amide bonds. The van der Waals surface area contributed by atoms with Gasteiger partial charge in [-0.3, -0.25) is 4.79 Å². The predicted octanol–water partition coefficient (Wildman–Crippen LogP) is 4.93. The molecular weight excluding hydrogens is 385 g/mol. The van der Waals surface area contributed by atoms with Crippen molar-refractivity contribution >= 4 is 36.4 Å². The number of hydrogen-bond donors (Lipinski definition) is 2. The molecule has 3 rings (SSSR count). The lowest BCUT2D eigenvalue weighted by atomic mass is 9.82. The predicted molar refractivity (Wildman–Crippen MR) is 113 cm³/mol. The highest BCUT2D eigenvalue weighted by Gasteiger charge is 2.35. The van der Waals surface area contributed by atoms with E-state index in [-0.39, 0.29) is 30.7 Å². The van der Waals surface area contributed by atoms with Crippen molar-refractivity contribution in [2.75, 3.05) is 5.32 Å². The molecule has 1 saturated carbocycles. The van der Waals surface area contributed by atoms with Gasteiger partial charge in [0.15, 0.2) is 0 Å². The first-order valence-electron chi connectivity index (χ1n) is 8.78. The van der Waals surface area contributed by atoms with Crippen molar-refractivity contribution in [1.82, 2.24) is 4.98 Å². The van der Waals surface area contributed by atoms with Crippen molar-refractivity contribution < 1.29 is 9.53 Å². The number of amides is 1. The summed E-state index contributed by atoms with van der Waals surface area (Å²) in [6, 6.07) is 9.41. The van der Waals surface area contributed by atoms with E-state index in [0.717, 1.165) is 43.2 Å². The number of aromatic nitrogens is 1. The molecule has 2 aromatic rings. The summed E-state index contributed by atoms with van der Waals surface area (Å²) >= 11 is 0. The highest BCUT2D eigenvalue weighted by molar-refractivity contribution is 5.98. The lowest BCUT2D eigenvalue weighted by molar-refractivity contribution is -0.122. The normalized spacial score (nSPS) is 15.1. The average Bonchev–Trinajstić information content (AvgIpc) is 2.58. The standard InChI is InChI=1S/C20H25N3O2.2ClH/c1-14-8-11-22-18(12-14)25-17-13-16(7-6-15(17)2)23-19(24)20(21)9-4-3-5-10-20;;/h6-8,11-13H,3-5,9-10,21H2,1-2H3,(H,23,24);2*1H. The Bertz CT molecular complexity index is 778. The van der Waals surface area contributed by atoms with Crippen molar-refractivity contribution in [2.45, 2.75) is 51.5 Å². The minimum Gasteiger partial charge on any atom is -0.439 e. The molecule has 1 aliphatic carbocycles. The van der Waals surface area contributed by atoms with E-state index in [9.17, 15) is 4.79 Å². The molecule has 27 heavy (non-hydrogen) atoms. The number of halogens is 2. The summed E-state index contributed by atoms with van der Waals surface area (Å²) in [6.45, 7) is 3.95. The van der Waals surface area contributed by atoms with Crippen LogP contribution in [0.2, 0.25) is 0 Å². The molecule has 7 heteroatoms. The van der Waals surface area contributed by atoms with Crippen LogP contribution < -0.4 is 15.8 Å². The van der Waals surface area contributed by atoms with Gasteiger partial charge in [0.25, 0.3) is 0 Å². The van der Waals surface area contributed by atoms with Crippen molar-refractivity contribution in [3.63, 3.8) is 0 Å². The van der Waals surface area contributed by atoms with Gasteiger partial charge in [-0.05, 0) is 49.9 Å². The molecule has 5 nitrogen and oxygen atoms in total. The van der Waals surface area contributed by atoms with Gasteiger partial charge in [0.2, 0.25) is 11.8 Å². The number of nitrogens with one attached hydrogen (secondary N) is 1. The van der Waals surface area contributed by atoms with Crippen molar-refractivity contribution in [1.29, 1.82) is 0 Å². The van der Waals surface area contributed by atoms with E-state index in [1.807, 2.05) is 44.2 Å². The van der Waals surface area contributed by atoms with E-state index in [0.29, 0.717) is 17.3 Å². The van der Waals surface area contributed by atoms with Gasteiger partial charge in [0, 0.05) is 24.0 Å². The molecule has 1 heterocycles. The third-order valence-electron chi connectivity index (χ3n) is 4.75. The van der Waals surface area contributed by atoms with Gasteiger partial charge in [-0.1, -0.05) is 25.3 Å². The number of ether oxygens (including phenoxy) is 1. The molecule has 0 saturated heterocycles. The Morgan fingerprint density at radius 2 is 1.81 bits per heavy atom. The molecule has 0 radical (unpaired) electrons. The third-order valence-corrected chi connectivity index (χ3v) is 4.75.